The normalized spacial score (nSPS) is 22.5. The highest BCUT2D eigenvalue weighted by atomic mass is 79.9. The Morgan fingerprint density at radius 2 is 1.89 bits per heavy atom. The first-order chi connectivity index (χ1) is 9.06. The van der Waals surface area contributed by atoms with Crippen LogP contribution < -0.4 is 16.0 Å². The average Bonchev–Trinajstić information content (AvgIpc) is 2.84. The molecule has 0 unspecified atom stereocenters. The van der Waals surface area contributed by atoms with E-state index in [-0.39, 0.29) is 11.6 Å². The number of carbonyl (C=O) groups is 3. The lowest BCUT2D eigenvalue weighted by molar-refractivity contribution is -0.115. The number of fused-ring (bicyclic) bond motifs is 1. The van der Waals surface area contributed by atoms with E-state index in [1.165, 1.54) is 0 Å². The molecule has 0 spiro atoms. The molecular weight excluding hydrogens is 316 g/mol. The molecule has 1 aromatic rings. The van der Waals surface area contributed by atoms with Gasteiger partial charge in [0.1, 0.15) is 11.4 Å². The number of nitrogens with one attached hydrogen (secondary N) is 4. The maximum Gasteiger partial charge on any atom is 0.326 e. The Balaban J connectivity index is 2.19. The van der Waals surface area contributed by atoms with Crippen LogP contribution in [0.2, 0.25) is 0 Å². The van der Waals surface area contributed by atoms with E-state index in [2.05, 4.69) is 36.9 Å². The monoisotopic (exact) mass is 324 g/mol. The minimum absolute atomic E-state index is 0.203. The Kier molecular flexibility index (Phi) is 2.67. The molecule has 4 amide bonds. The van der Waals surface area contributed by atoms with Gasteiger partial charge in [-0.15, -0.1) is 0 Å². The van der Waals surface area contributed by atoms with Gasteiger partial charge in [0.15, 0.2) is 0 Å². The van der Waals surface area contributed by atoms with Crippen LogP contribution in [0.3, 0.4) is 0 Å². The topological polar surface area (TPSA) is 103 Å². The number of hydrogen-bond donors (Lipinski definition) is 4. The zero-order valence-electron chi connectivity index (χ0n) is 9.59. The lowest BCUT2D eigenvalue weighted by Crippen LogP contribution is -2.23. The molecule has 1 aromatic heterocycles. The van der Waals surface area contributed by atoms with Crippen LogP contribution >= 0.6 is 15.9 Å². The standard InChI is InChI=1S/C11H9BrN4O3/c12-6-3-5-4(7-10(18)16-11(19)15-7)1-2-13-9(17)8(5)14-6/h3,14H,1-2H2,(H,13,17)(H2,15,16,18,19)/b7-4-. The Labute approximate surface area is 115 Å². The molecule has 19 heavy (non-hydrogen) atoms. The molecule has 98 valence electrons. The van der Waals surface area contributed by atoms with E-state index < -0.39 is 11.9 Å². The van der Waals surface area contributed by atoms with E-state index in [1.807, 2.05) is 0 Å². The molecule has 4 N–H and O–H groups in total. The van der Waals surface area contributed by atoms with E-state index in [9.17, 15) is 14.4 Å². The second-order valence-corrected chi connectivity index (χ2v) is 5.03. The number of imide groups is 1. The van der Waals surface area contributed by atoms with Crippen LogP contribution in [0.25, 0.3) is 5.57 Å². The molecule has 0 saturated carbocycles. The number of rotatable bonds is 0. The van der Waals surface area contributed by atoms with Crippen molar-refractivity contribution < 1.29 is 14.4 Å². The van der Waals surface area contributed by atoms with Gasteiger partial charge in [-0.1, -0.05) is 0 Å². The number of aromatic nitrogens is 1. The Morgan fingerprint density at radius 1 is 1.11 bits per heavy atom. The van der Waals surface area contributed by atoms with Gasteiger partial charge < -0.3 is 15.6 Å². The van der Waals surface area contributed by atoms with Gasteiger partial charge in [-0.25, -0.2) is 4.79 Å². The number of hydrogen-bond acceptors (Lipinski definition) is 3. The SMILES string of the molecule is O=C1NC(=O)/C(=C2\CCNC(=O)c3[nH]c(Br)cc32)N1. The molecule has 0 aliphatic carbocycles. The van der Waals surface area contributed by atoms with Gasteiger partial charge in [0.2, 0.25) is 0 Å². The van der Waals surface area contributed by atoms with E-state index in [4.69, 9.17) is 0 Å². The molecule has 3 heterocycles. The van der Waals surface area contributed by atoms with Gasteiger partial charge >= 0.3 is 6.03 Å². The van der Waals surface area contributed by atoms with Crippen molar-refractivity contribution in [1.82, 2.24) is 20.9 Å². The van der Waals surface area contributed by atoms with Crippen molar-refractivity contribution in [2.45, 2.75) is 6.42 Å². The maximum absolute atomic E-state index is 11.9. The second-order valence-electron chi connectivity index (χ2n) is 4.17. The number of urea groups is 1. The summed E-state index contributed by atoms with van der Waals surface area (Å²) in [5.74, 6) is -0.710. The van der Waals surface area contributed by atoms with E-state index >= 15 is 0 Å². The van der Waals surface area contributed by atoms with Crippen LogP contribution in [0, 0.1) is 0 Å². The fourth-order valence-electron chi connectivity index (χ4n) is 2.20. The van der Waals surface area contributed by atoms with Crippen molar-refractivity contribution in [2.24, 2.45) is 0 Å². The van der Waals surface area contributed by atoms with Crippen LogP contribution in [0.15, 0.2) is 16.4 Å². The highest BCUT2D eigenvalue weighted by molar-refractivity contribution is 9.10. The molecule has 1 saturated heterocycles. The highest BCUT2D eigenvalue weighted by Gasteiger charge is 2.30. The van der Waals surface area contributed by atoms with Gasteiger partial charge in [0.05, 0.1) is 4.60 Å². The third-order valence-corrected chi connectivity index (χ3v) is 3.42. The molecule has 2 aliphatic heterocycles. The minimum Gasteiger partial charge on any atom is -0.350 e. The lowest BCUT2D eigenvalue weighted by atomic mass is 10.0. The summed E-state index contributed by atoms with van der Waals surface area (Å²) >= 11 is 3.26. The summed E-state index contributed by atoms with van der Waals surface area (Å²) in [4.78, 5) is 37.7. The summed E-state index contributed by atoms with van der Waals surface area (Å²) < 4.78 is 0.636. The number of amides is 4. The first kappa shape index (κ1) is 12.0. The first-order valence-corrected chi connectivity index (χ1v) is 6.38. The fourth-order valence-corrected chi connectivity index (χ4v) is 2.63. The van der Waals surface area contributed by atoms with Crippen LogP contribution in [0.4, 0.5) is 4.79 Å². The van der Waals surface area contributed by atoms with E-state index in [1.54, 1.807) is 6.07 Å². The Bertz CT molecular complexity index is 646. The molecule has 1 fully saturated rings. The number of halogens is 1. The third kappa shape index (κ3) is 1.93. The smallest absolute Gasteiger partial charge is 0.326 e. The van der Waals surface area contributed by atoms with Crippen molar-refractivity contribution in [1.29, 1.82) is 0 Å². The lowest BCUT2D eigenvalue weighted by Gasteiger charge is -2.05. The van der Waals surface area contributed by atoms with E-state index in [0.717, 1.165) is 0 Å². The molecule has 0 bridgehead atoms. The van der Waals surface area contributed by atoms with Crippen molar-refractivity contribution in [3.8, 4) is 0 Å². The Morgan fingerprint density at radius 3 is 2.58 bits per heavy atom. The quantitative estimate of drug-likeness (QED) is 0.412. The van der Waals surface area contributed by atoms with Gasteiger partial charge in [-0.05, 0) is 34.0 Å². The number of H-pyrrole nitrogens is 1. The molecule has 7 nitrogen and oxygen atoms in total. The summed E-state index contributed by atoms with van der Waals surface area (Å²) in [6.45, 7) is 0.404. The van der Waals surface area contributed by atoms with Crippen LogP contribution in [0.5, 0.6) is 0 Å². The molecule has 8 heteroatoms. The molecular formula is C11H9BrN4O3. The average molecular weight is 325 g/mol. The maximum atomic E-state index is 11.9. The molecule has 0 atom stereocenters. The Hall–Kier alpha value is -2.09. The summed E-state index contributed by atoms with van der Waals surface area (Å²) in [6, 6.07) is 1.17. The van der Waals surface area contributed by atoms with Crippen molar-refractivity contribution in [3.63, 3.8) is 0 Å². The summed E-state index contributed by atoms with van der Waals surface area (Å²) in [5, 5.41) is 7.36. The minimum atomic E-state index is -0.549. The van der Waals surface area contributed by atoms with Crippen molar-refractivity contribution in [2.75, 3.05) is 6.54 Å². The van der Waals surface area contributed by atoms with Gasteiger partial charge in [0.25, 0.3) is 11.8 Å². The zero-order chi connectivity index (χ0) is 13.6. The van der Waals surface area contributed by atoms with Gasteiger partial charge in [-0.2, -0.15) is 0 Å². The summed E-state index contributed by atoms with van der Waals surface area (Å²) in [6.07, 6.45) is 0.464. The third-order valence-electron chi connectivity index (χ3n) is 2.99. The predicted octanol–water partition coefficient (Wildman–Crippen LogP) is 0.461. The zero-order valence-corrected chi connectivity index (χ0v) is 11.2. The van der Waals surface area contributed by atoms with Gasteiger partial charge in [-0.3, -0.25) is 14.9 Å². The first-order valence-electron chi connectivity index (χ1n) is 5.59. The van der Waals surface area contributed by atoms with Crippen LogP contribution in [0.1, 0.15) is 22.5 Å². The molecule has 2 aliphatic rings. The molecule has 3 rings (SSSR count). The summed E-state index contributed by atoms with van der Waals surface area (Å²) in [5.41, 5.74) is 1.84. The van der Waals surface area contributed by atoms with Gasteiger partial charge in [0, 0.05) is 12.1 Å². The predicted molar refractivity (Wildman–Crippen MR) is 69.0 cm³/mol. The van der Waals surface area contributed by atoms with Crippen molar-refractivity contribution in [3.05, 3.63) is 27.6 Å². The molecule has 0 radical (unpaired) electrons. The summed E-state index contributed by atoms with van der Waals surface area (Å²) in [7, 11) is 0. The molecule has 0 aromatic carbocycles. The van der Waals surface area contributed by atoms with Crippen molar-refractivity contribution >= 4 is 39.3 Å². The van der Waals surface area contributed by atoms with Crippen LogP contribution in [-0.2, 0) is 4.79 Å². The fraction of sp³-hybridized carbons (Fsp3) is 0.182. The second kappa shape index (κ2) is 4.23. The largest absolute Gasteiger partial charge is 0.350 e. The highest BCUT2D eigenvalue weighted by Crippen LogP contribution is 2.30. The number of aromatic amines is 1. The van der Waals surface area contributed by atoms with Crippen LogP contribution in [-0.4, -0.2) is 29.4 Å². The number of carbonyl (C=O) groups excluding carboxylic acids is 3. The van der Waals surface area contributed by atoms with E-state index in [0.29, 0.717) is 34.4 Å².